The van der Waals surface area contributed by atoms with Gasteiger partial charge in [-0.1, -0.05) is 0 Å². The molecule has 1 amide bonds. The summed E-state index contributed by atoms with van der Waals surface area (Å²) in [6, 6.07) is 5.27. The number of ether oxygens (including phenoxy) is 2. The van der Waals surface area contributed by atoms with Crippen molar-refractivity contribution in [3.8, 4) is 0 Å². The maximum Gasteiger partial charge on any atom is 0.407 e. The molecule has 1 N–H and O–H groups in total. The first-order valence-corrected chi connectivity index (χ1v) is 6.74. The summed E-state index contributed by atoms with van der Waals surface area (Å²) in [5, 5.41) is 13.0. The average molecular weight is 310 g/mol. The first-order valence-electron chi connectivity index (χ1n) is 6.74. The van der Waals surface area contributed by atoms with Crippen LogP contribution in [0.3, 0.4) is 0 Å². The topological polar surface area (TPSA) is 108 Å². The third-order valence-electron chi connectivity index (χ3n) is 2.66. The van der Waals surface area contributed by atoms with Gasteiger partial charge in [-0.05, 0) is 31.5 Å². The van der Waals surface area contributed by atoms with Gasteiger partial charge in [0.15, 0.2) is 0 Å². The summed E-state index contributed by atoms with van der Waals surface area (Å²) >= 11 is 0. The Kier molecular flexibility index (Phi) is 6.81. The number of nitrogens with zero attached hydrogens (tertiary/aromatic N) is 1. The number of benzene rings is 1. The molecule has 0 fully saturated rings. The Morgan fingerprint density at radius 1 is 1.27 bits per heavy atom. The van der Waals surface area contributed by atoms with Crippen LogP contribution in [0.5, 0.6) is 0 Å². The van der Waals surface area contributed by atoms with Gasteiger partial charge in [0, 0.05) is 18.2 Å². The van der Waals surface area contributed by atoms with Crippen LogP contribution in [-0.4, -0.2) is 29.6 Å². The van der Waals surface area contributed by atoms with Crippen LogP contribution in [0.2, 0.25) is 0 Å². The minimum absolute atomic E-state index is 0.0179. The van der Waals surface area contributed by atoms with Crippen molar-refractivity contribution in [1.29, 1.82) is 0 Å². The molecule has 0 aliphatic rings. The van der Waals surface area contributed by atoms with E-state index in [0.29, 0.717) is 5.56 Å². The number of hydrogen-bond acceptors (Lipinski definition) is 6. The number of rotatable bonds is 7. The van der Waals surface area contributed by atoms with Gasteiger partial charge in [-0.2, -0.15) is 0 Å². The molecule has 1 aromatic carbocycles. The zero-order valence-corrected chi connectivity index (χ0v) is 12.4. The summed E-state index contributed by atoms with van der Waals surface area (Å²) in [6.45, 7) is 3.63. The molecule has 0 aliphatic heterocycles. The minimum Gasteiger partial charge on any atom is -0.466 e. The first kappa shape index (κ1) is 17.4. The highest BCUT2D eigenvalue weighted by Crippen LogP contribution is 2.12. The van der Waals surface area contributed by atoms with Crippen molar-refractivity contribution in [2.75, 3.05) is 6.61 Å². The first-order chi connectivity index (χ1) is 10.4. The second-order valence-electron chi connectivity index (χ2n) is 4.55. The Morgan fingerprint density at radius 2 is 1.91 bits per heavy atom. The fraction of sp³-hybridized carbons (Fsp3) is 0.429. The highest BCUT2D eigenvalue weighted by Gasteiger charge is 2.13. The molecule has 1 atom stereocenters. The predicted molar refractivity (Wildman–Crippen MR) is 77.1 cm³/mol. The fourth-order valence-electron chi connectivity index (χ4n) is 1.63. The second-order valence-corrected chi connectivity index (χ2v) is 4.55. The SMILES string of the molecule is CCOC(=O)C[C@@H](C)NC(=O)OCc1ccc([N+](=O)[O-])cc1. The number of nitrogens with one attached hydrogen (secondary N) is 1. The van der Waals surface area contributed by atoms with Crippen LogP contribution in [0, 0.1) is 10.1 Å². The van der Waals surface area contributed by atoms with E-state index in [0.717, 1.165) is 0 Å². The summed E-state index contributed by atoms with van der Waals surface area (Å²) in [7, 11) is 0. The zero-order chi connectivity index (χ0) is 16.5. The van der Waals surface area contributed by atoms with Crippen LogP contribution in [0.1, 0.15) is 25.8 Å². The van der Waals surface area contributed by atoms with Crippen LogP contribution in [0.25, 0.3) is 0 Å². The molecule has 1 rings (SSSR count). The Labute approximate surface area is 127 Å². The molecule has 0 aliphatic carbocycles. The van der Waals surface area contributed by atoms with E-state index in [1.165, 1.54) is 24.3 Å². The smallest absolute Gasteiger partial charge is 0.407 e. The molecule has 8 heteroatoms. The Bertz CT molecular complexity index is 529. The van der Waals surface area contributed by atoms with Gasteiger partial charge in [0.25, 0.3) is 5.69 Å². The number of hydrogen-bond donors (Lipinski definition) is 1. The summed E-state index contributed by atoms with van der Waals surface area (Å²) in [4.78, 5) is 32.8. The Morgan fingerprint density at radius 3 is 2.45 bits per heavy atom. The third-order valence-corrected chi connectivity index (χ3v) is 2.66. The normalized spacial score (nSPS) is 11.4. The lowest BCUT2D eigenvalue weighted by Gasteiger charge is -2.13. The van der Waals surface area contributed by atoms with Crippen LogP contribution in [0.4, 0.5) is 10.5 Å². The molecule has 1 aromatic rings. The summed E-state index contributed by atoms with van der Waals surface area (Å²) in [5.74, 6) is -0.398. The van der Waals surface area contributed by atoms with Gasteiger partial charge < -0.3 is 14.8 Å². The molecular weight excluding hydrogens is 292 g/mol. The van der Waals surface area contributed by atoms with Crippen molar-refractivity contribution in [2.24, 2.45) is 0 Å². The maximum absolute atomic E-state index is 11.5. The standard InChI is InChI=1S/C14H18N2O6/c1-3-21-13(17)8-10(2)15-14(18)22-9-11-4-6-12(7-5-11)16(19)20/h4-7,10H,3,8-9H2,1-2H3,(H,15,18)/t10-/m1/s1. The molecule has 0 saturated heterocycles. The highest BCUT2D eigenvalue weighted by molar-refractivity contribution is 5.72. The van der Waals surface area contributed by atoms with Crippen molar-refractivity contribution < 1.29 is 24.0 Å². The van der Waals surface area contributed by atoms with Crippen LogP contribution in [0.15, 0.2) is 24.3 Å². The van der Waals surface area contributed by atoms with E-state index in [1.807, 2.05) is 0 Å². The molecule has 0 radical (unpaired) electrons. The molecule has 22 heavy (non-hydrogen) atoms. The van der Waals surface area contributed by atoms with E-state index in [1.54, 1.807) is 13.8 Å². The lowest BCUT2D eigenvalue weighted by atomic mass is 10.2. The van der Waals surface area contributed by atoms with Crippen molar-refractivity contribution in [1.82, 2.24) is 5.32 Å². The average Bonchev–Trinajstić information content (AvgIpc) is 2.45. The van der Waals surface area contributed by atoms with Crippen molar-refractivity contribution in [2.45, 2.75) is 32.9 Å². The lowest BCUT2D eigenvalue weighted by molar-refractivity contribution is -0.384. The van der Waals surface area contributed by atoms with E-state index in [2.05, 4.69) is 5.32 Å². The summed E-state index contributed by atoms with van der Waals surface area (Å²) in [6.07, 6.45) is -0.615. The van der Waals surface area contributed by atoms with Gasteiger partial charge in [-0.15, -0.1) is 0 Å². The molecule has 0 unspecified atom stereocenters. The van der Waals surface area contributed by atoms with E-state index in [-0.39, 0.29) is 25.3 Å². The van der Waals surface area contributed by atoms with E-state index < -0.39 is 23.0 Å². The number of carbonyl (C=O) groups excluding carboxylic acids is 2. The number of nitro benzene ring substituents is 1. The van der Waals surface area contributed by atoms with Gasteiger partial charge in [-0.25, -0.2) is 4.79 Å². The van der Waals surface area contributed by atoms with Gasteiger partial charge in [-0.3, -0.25) is 14.9 Å². The molecule has 0 spiro atoms. The maximum atomic E-state index is 11.5. The monoisotopic (exact) mass is 310 g/mol. The highest BCUT2D eigenvalue weighted by atomic mass is 16.6. The van der Waals surface area contributed by atoms with Gasteiger partial charge in [0.05, 0.1) is 18.0 Å². The number of amides is 1. The second kappa shape index (κ2) is 8.60. The van der Waals surface area contributed by atoms with Crippen molar-refractivity contribution >= 4 is 17.7 Å². The van der Waals surface area contributed by atoms with Crippen LogP contribution >= 0.6 is 0 Å². The fourth-order valence-corrected chi connectivity index (χ4v) is 1.63. The molecular formula is C14H18N2O6. The largest absolute Gasteiger partial charge is 0.466 e. The Balaban J connectivity index is 2.36. The van der Waals surface area contributed by atoms with Crippen LogP contribution in [-0.2, 0) is 20.9 Å². The molecule has 0 saturated carbocycles. The van der Waals surface area contributed by atoms with E-state index >= 15 is 0 Å². The molecule has 0 aromatic heterocycles. The summed E-state index contributed by atoms with van der Waals surface area (Å²) < 4.78 is 9.74. The molecule has 0 heterocycles. The van der Waals surface area contributed by atoms with Gasteiger partial charge >= 0.3 is 12.1 Å². The number of non-ortho nitro benzene ring substituents is 1. The van der Waals surface area contributed by atoms with E-state index in [9.17, 15) is 19.7 Å². The lowest BCUT2D eigenvalue weighted by Crippen LogP contribution is -2.34. The van der Waals surface area contributed by atoms with Gasteiger partial charge in [0.1, 0.15) is 6.61 Å². The van der Waals surface area contributed by atoms with Crippen molar-refractivity contribution in [3.05, 3.63) is 39.9 Å². The quantitative estimate of drug-likeness (QED) is 0.469. The number of carbonyl (C=O) groups is 2. The van der Waals surface area contributed by atoms with Gasteiger partial charge in [0.2, 0.25) is 0 Å². The molecule has 0 bridgehead atoms. The predicted octanol–water partition coefficient (Wildman–Crippen LogP) is 2.16. The third kappa shape index (κ3) is 6.21. The zero-order valence-electron chi connectivity index (χ0n) is 12.4. The molecule has 8 nitrogen and oxygen atoms in total. The number of esters is 1. The molecule has 120 valence electrons. The summed E-state index contributed by atoms with van der Waals surface area (Å²) in [5.41, 5.74) is 0.593. The van der Waals surface area contributed by atoms with Crippen LogP contribution < -0.4 is 5.32 Å². The number of alkyl carbamates (subject to hydrolysis) is 1. The minimum atomic E-state index is -0.671. The van der Waals surface area contributed by atoms with E-state index in [4.69, 9.17) is 9.47 Å². The Hall–Kier alpha value is -2.64. The van der Waals surface area contributed by atoms with Crippen molar-refractivity contribution in [3.63, 3.8) is 0 Å². The number of nitro groups is 1.